The molecule has 0 spiro atoms. The first-order valence-corrected chi connectivity index (χ1v) is 10.4. The Bertz CT molecular complexity index is 498. The van der Waals surface area contributed by atoms with Gasteiger partial charge in [-0.2, -0.15) is 0 Å². The summed E-state index contributed by atoms with van der Waals surface area (Å²) in [5.41, 5.74) is 0. The first-order chi connectivity index (χ1) is 8.87. The van der Waals surface area contributed by atoms with E-state index in [2.05, 4.69) is 25.7 Å². The molecule has 0 N–H and O–H groups in total. The van der Waals surface area contributed by atoms with Gasteiger partial charge in [0.15, 0.2) is 11.6 Å². The van der Waals surface area contributed by atoms with Crippen LogP contribution >= 0.6 is 0 Å². The Morgan fingerprint density at radius 2 is 1.68 bits per heavy atom. The molecule has 1 fully saturated rings. The van der Waals surface area contributed by atoms with E-state index in [1.54, 1.807) is 0 Å². The van der Waals surface area contributed by atoms with Crippen LogP contribution in [0.15, 0.2) is 24.0 Å². The van der Waals surface area contributed by atoms with Crippen LogP contribution < -0.4 is 0 Å². The van der Waals surface area contributed by atoms with Crippen molar-refractivity contribution in [1.82, 2.24) is 0 Å². The molecule has 0 aromatic rings. The van der Waals surface area contributed by atoms with Gasteiger partial charge in [-0.1, -0.05) is 0 Å². The summed E-state index contributed by atoms with van der Waals surface area (Å²) in [4.78, 5) is 24.2. The zero-order valence-electron chi connectivity index (χ0n) is 11.7. The molecule has 102 valence electrons. The second kappa shape index (κ2) is 4.17. The standard InChI is InChI=1S/C15H20O3Si/c1-19(2,3)18-13-8-9-4-5-10(13)15-12(17)7-6-11(16)14(9)15/h6-10,14-15H,4-5H2,1-3H3/t9-,10+,14-,15+/m1/s1. The predicted octanol–water partition coefficient (Wildman–Crippen LogP) is 2.70. The van der Waals surface area contributed by atoms with Gasteiger partial charge in [0.1, 0.15) is 0 Å². The van der Waals surface area contributed by atoms with Gasteiger partial charge in [-0.15, -0.1) is 0 Å². The lowest BCUT2D eigenvalue weighted by atomic mass is 9.57. The molecule has 1 saturated carbocycles. The number of rotatable bonds is 2. The zero-order valence-corrected chi connectivity index (χ0v) is 12.7. The highest BCUT2D eigenvalue weighted by Crippen LogP contribution is 2.51. The van der Waals surface area contributed by atoms with E-state index in [-0.39, 0.29) is 35.2 Å². The summed E-state index contributed by atoms with van der Waals surface area (Å²) in [5, 5.41) is 0. The molecule has 3 nitrogen and oxygen atoms in total. The molecule has 4 aliphatic carbocycles. The Morgan fingerprint density at radius 1 is 1.05 bits per heavy atom. The monoisotopic (exact) mass is 276 g/mol. The van der Waals surface area contributed by atoms with E-state index in [4.69, 9.17) is 4.43 Å². The second-order valence-corrected chi connectivity index (χ2v) is 11.2. The minimum Gasteiger partial charge on any atom is -0.547 e. The molecule has 0 aliphatic heterocycles. The molecule has 2 bridgehead atoms. The molecular formula is C15H20O3Si. The van der Waals surface area contributed by atoms with Crippen molar-refractivity contribution in [2.45, 2.75) is 32.5 Å². The molecular weight excluding hydrogens is 256 g/mol. The van der Waals surface area contributed by atoms with Gasteiger partial charge < -0.3 is 4.43 Å². The average molecular weight is 276 g/mol. The maximum absolute atomic E-state index is 12.2. The summed E-state index contributed by atoms with van der Waals surface area (Å²) in [5.74, 6) is 1.28. The molecule has 0 aromatic carbocycles. The summed E-state index contributed by atoms with van der Waals surface area (Å²) in [7, 11) is -1.66. The summed E-state index contributed by atoms with van der Waals surface area (Å²) in [6.07, 6.45) is 7.07. The van der Waals surface area contributed by atoms with E-state index < -0.39 is 8.32 Å². The maximum atomic E-state index is 12.2. The Morgan fingerprint density at radius 3 is 2.32 bits per heavy atom. The molecule has 0 saturated heterocycles. The molecule has 19 heavy (non-hydrogen) atoms. The first kappa shape index (κ1) is 12.8. The molecule has 0 amide bonds. The van der Waals surface area contributed by atoms with Crippen LogP contribution in [0.5, 0.6) is 0 Å². The van der Waals surface area contributed by atoms with Crippen molar-refractivity contribution in [3.05, 3.63) is 24.0 Å². The molecule has 4 rings (SSSR count). The number of hydrogen-bond acceptors (Lipinski definition) is 3. The quantitative estimate of drug-likeness (QED) is 0.728. The fourth-order valence-corrected chi connectivity index (χ4v) is 4.63. The van der Waals surface area contributed by atoms with E-state index in [1.165, 1.54) is 12.2 Å². The van der Waals surface area contributed by atoms with Crippen LogP contribution in [0.2, 0.25) is 19.6 Å². The van der Waals surface area contributed by atoms with Gasteiger partial charge in [0.25, 0.3) is 0 Å². The zero-order chi connectivity index (χ0) is 13.8. The van der Waals surface area contributed by atoms with Crippen LogP contribution in [0.25, 0.3) is 0 Å². The lowest BCUT2D eigenvalue weighted by molar-refractivity contribution is -0.135. The van der Waals surface area contributed by atoms with Crippen molar-refractivity contribution in [2.75, 3.05) is 0 Å². The van der Waals surface area contributed by atoms with Crippen molar-refractivity contribution in [2.24, 2.45) is 23.7 Å². The van der Waals surface area contributed by atoms with Crippen molar-refractivity contribution in [1.29, 1.82) is 0 Å². The van der Waals surface area contributed by atoms with Crippen LogP contribution in [-0.2, 0) is 14.0 Å². The molecule has 4 heteroatoms. The minimum absolute atomic E-state index is 0.115. The minimum atomic E-state index is -1.66. The SMILES string of the molecule is C[Si](C)(C)OC1=C[C@H]2CC[C@@H]1[C@H]1C(=O)C=CC(=O)[C@H]12. The summed E-state index contributed by atoms with van der Waals surface area (Å²) < 4.78 is 6.16. The van der Waals surface area contributed by atoms with Crippen molar-refractivity contribution < 1.29 is 14.0 Å². The third-order valence-electron chi connectivity index (χ3n) is 4.33. The van der Waals surface area contributed by atoms with E-state index in [9.17, 15) is 9.59 Å². The first-order valence-electron chi connectivity index (χ1n) is 7.03. The number of carbonyl (C=O) groups is 2. The summed E-state index contributed by atoms with van der Waals surface area (Å²) >= 11 is 0. The van der Waals surface area contributed by atoms with Crippen molar-refractivity contribution >= 4 is 19.9 Å². The Hall–Kier alpha value is -1.16. The van der Waals surface area contributed by atoms with E-state index in [0.717, 1.165) is 18.6 Å². The van der Waals surface area contributed by atoms with Crippen molar-refractivity contribution in [3.63, 3.8) is 0 Å². The van der Waals surface area contributed by atoms with Crippen LogP contribution in [0, 0.1) is 23.7 Å². The largest absolute Gasteiger partial charge is 0.547 e. The Labute approximate surface area is 114 Å². The average Bonchev–Trinajstić information content (AvgIpc) is 2.32. The Kier molecular flexibility index (Phi) is 2.82. The van der Waals surface area contributed by atoms with E-state index in [0.29, 0.717) is 0 Å². The topological polar surface area (TPSA) is 43.4 Å². The fraction of sp³-hybridized carbons (Fsp3) is 0.600. The van der Waals surface area contributed by atoms with Gasteiger partial charge in [-0.05, 0) is 56.6 Å². The third-order valence-corrected chi connectivity index (χ3v) is 5.18. The lowest BCUT2D eigenvalue weighted by Gasteiger charge is -2.47. The molecule has 0 aromatic heterocycles. The second-order valence-electron chi connectivity index (χ2n) is 6.82. The maximum Gasteiger partial charge on any atom is 0.241 e. The van der Waals surface area contributed by atoms with Gasteiger partial charge >= 0.3 is 0 Å². The predicted molar refractivity (Wildman–Crippen MR) is 74.9 cm³/mol. The molecule has 0 unspecified atom stereocenters. The van der Waals surface area contributed by atoms with Crippen LogP contribution in [0.3, 0.4) is 0 Å². The lowest BCUT2D eigenvalue weighted by Crippen LogP contribution is -2.49. The third kappa shape index (κ3) is 2.12. The van der Waals surface area contributed by atoms with Gasteiger partial charge in [0.2, 0.25) is 8.32 Å². The highest BCUT2D eigenvalue weighted by molar-refractivity contribution is 6.70. The molecule has 0 radical (unpaired) electrons. The molecule has 4 aliphatic rings. The van der Waals surface area contributed by atoms with Gasteiger partial charge in [0, 0.05) is 17.8 Å². The highest BCUT2D eigenvalue weighted by atomic mass is 28.4. The van der Waals surface area contributed by atoms with Gasteiger partial charge in [-0.3, -0.25) is 9.59 Å². The number of allylic oxidation sites excluding steroid dienone is 4. The fourth-order valence-electron chi connectivity index (χ4n) is 3.70. The number of carbonyl (C=O) groups excluding carboxylic acids is 2. The van der Waals surface area contributed by atoms with Crippen LogP contribution in [0.1, 0.15) is 12.8 Å². The van der Waals surface area contributed by atoms with E-state index in [1.807, 2.05) is 0 Å². The van der Waals surface area contributed by atoms with Crippen molar-refractivity contribution in [3.8, 4) is 0 Å². The normalized spacial score (nSPS) is 37.1. The van der Waals surface area contributed by atoms with E-state index >= 15 is 0 Å². The van der Waals surface area contributed by atoms with Gasteiger partial charge in [-0.25, -0.2) is 0 Å². The number of hydrogen-bond donors (Lipinski definition) is 0. The van der Waals surface area contributed by atoms with Gasteiger partial charge in [0.05, 0.1) is 5.76 Å². The summed E-state index contributed by atoms with van der Waals surface area (Å²) in [6, 6.07) is 0. The highest BCUT2D eigenvalue weighted by Gasteiger charge is 2.51. The number of fused-ring (bicyclic) bond motifs is 1. The molecule has 0 heterocycles. The van der Waals surface area contributed by atoms with Crippen LogP contribution in [-0.4, -0.2) is 19.9 Å². The smallest absolute Gasteiger partial charge is 0.241 e. The summed E-state index contributed by atoms with van der Waals surface area (Å²) in [6.45, 7) is 6.46. The molecule has 4 atom stereocenters. The Balaban J connectivity index is 1.96. The number of ketones is 2. The van der Waals surface area contributed by atoms with Crippen LogP contribution in [0.4, 0.5) is 0 Å².